The second-order valence-electron chi connectivity index (χ2n) is 5.96. The number of thiophene rings is 1. The fraction of sp³-hybridized carbons (Fsp3) is 0.600. The minimum Gasteiger partial charge on any atom is -0.396 e. The number of rotatable bonds is 5. The number of likely N-dealkylation sites (tertiary alicyclic amines) is 1. The zero-order chi connectivity index (χ0) is 15.0. The monoisotopic (exact) mass is 304 g/mol. The zero-order valence-corrected chi connectivity index (χ0v) is 13.0. The molecule has 1 aromatic rings. The highest BCUT2D eigenvalue weighted by Gasteiger charge is 2.34. The first-order chi connectivity index (χ1) is 10.1. The van der Waals surface area contributed by atoms with Crippen molar-refractivity contribution in [3.05, 3.63) is 10.4 Å². The molecule has 0 spiro atoms. The molecule has 2 heterocycles. The van der Waals surface area contributed by atoms with Crippen LogP contribution in [0.4, 0.5) is 10.7 Å². The lowest BCUT2D eigenvalue weighted by Crippen LogP contribution is -2.31. The number of ketones is 1. The van der Waals surface area contributed by atoms with E-state index in [1.54, 1.807) is 0 Å². The molecule has 5 nitrogen and oxygen atoms in total. The van der Waals surface area contributed by atoms with Crippen LogP contribution in [0.15, 0.2) is 0 Å². The molecule has 3 rings (SSSR count). The average molecular weight is 304 g/mol. The Morgan fingerprint density at radius 2 is 2.29 bits per heavy atom. The number of nitrogens with two attached hydrogens (primary N) is 1. The summed E-state index contributed by atoms with van der Waals surface area (Å²) in [5.41, 5.74) is 6.81. The minimum absolute atomic E-state index is 0.111. The highest BCUT2D eigenvalue weighted by Crippen LogP contribution is 2.41. The van der Waals surface area contributed by atoms with Crippen LogP contribution >= 0.6 is 11.3 Å². The smallest absolute Gasteiger partial charge is 0.178 e. The molecular formula is C15H20N4OS. The molecule has 0 bridgehead atoms. The fourth-order valence-corrected chi connectivity index (χ4v) is 3.94. The van der Waals surface area contributed by atoms with E-state index in [-0.39, 0.29) is 11.7 Å². The maximum absolute atomic E-state index is 12.2. The van der Waals surface area contributed by atoms with E-state index in [2.05, 4.69) is 23.3 Å². The third kappa shape index (κ3) is 2.76. The second kappa shape index (κ2) is 5.66. The van der Waals surface area contributed by atoms with Crippen molar-refractivity contribution in [3.8, 4) is 6.07 Å². The van der Waals surface area contributed by atoms with E-state index < -0.39 is 0 Å². The van der Waals surface area contributed by atoms with Crippen LogP contribution in [0.2, 0.25) is 0 Å². The van der Waals surface area contributed by atoms with Gasteiger partial charge in [0.1, 0.15) is 16.6 Å². The van der Waals surface area contributed by atoms with Gasteiger partial charge in [0.15, 0.2) is 5.78 Å². The third-order valence-corrected chi connectivity index (χ3v) is 5.58. The summed E-state index contributed by atoms with van der Waals surface area (Å²) in [6, 6.07) is 2.63. The molecule has 2 aliphatic rings. The predicted octanol–water partition coefficient (Wildman–Crippen LogP) is 2.30. The molecule has 1 aliphatic carbocycles. The number of hydrogen-bond donors (Lipinski definition) is 2. The number of anilines is 2. The molecule has 1 atom stereocenters. The summed E-state index contributed by atoms with van der Waals surface area (Å²) in [6.07, 6.45) is 4.29. The molecule has 112 valence electrons. The van der Waals surface area contributed by atoms with Crippen molar-refractivity contribution in [1.29, 1.82) is 5.26 Å². The number of carbonyl (C=O) groups excluding carboxylic acids is 1. The van der Waals surface area contributed by atoms with Gasteiger partial charge in [-0.2, -0.15) is 5.26 Å². The van der Waals surface area contributed by atoms with Gasteiger partial charge in [0.2, 0.25) is 0 Å². The highest BCUT2D eigenvalue weighted by molar-refractivity contribution is 7.19. The molecule has 21 heavy (non-hydrogen) atoms. The van der Waals surface area contributed by atoms with Crippen molar-refractivity contribution in [1.82, 2.24) is 4.90 Å². The third-order valence-electron chi connectivity index (χ3n) is 4.40. The maximum atomic E-state index is 12.2. The lowest BCUT2D eigenvalue weighted by molar-refractivity contribution is 0.0972. The Labute approximate surface area is 128 Å². The highest BCUT2D eigenvalue weighted by atomic mass is 32.1. The quantitative estimate of drug-likeness (QED) is 0.816. The molecule has 1 saturated heterocycles. The summed E-state index contributed by atoms with van der Waals surface area (Å²) < 4.78 is 0. The van der Waals surface area contributed by atoms with Crippen LogP contribution in [0.1, 0.15) is 40.9 Å². The van der Waals surface area contributed by atoms with Crippen LogP contribution in [0.3, 0.4) is 0 Å². The summed E-state index contributed by atoms with van der Waals surface area (Å²) in [6.45, 7) is 1.91. The number of carbonyl (C=O) groups is 1. The van der Waals surface area contributed by atoms with Crippen molar-refractivity contribution >= 4 is 27.8 Å². The molecule has 2 fully saturated rings. The molecule has 1 aromatic heterocycles. The van der Waals surface area contributed by atoms with Crippen LogP contribution in [0.5, 0.6) is 0 Å². The van der Waals surface area contributed by atoms with Crippen molar-refractivity contribution < 1.29 is 4.79 Å². The lowest BCUT2D eigenvalue weighted by Gasteiger charge is -2.19. The number of nitrogen functional groups attached to an aromatic ring is 1. The Balaban J connectivity index is 1.76. The fourth-order valence-electron chi connectivity index (χ4n) is 2.84. The predicted molar refractivity (Wildman–Crippen MR) is 84.6 cm³/mol. The molecular weight excluding hydrogens is 284 g/mol. The summed E-state index contributed by atoms with van der Waals surface area (Å²) in [7, 11) is 2.12. The first kappa shape index (κ1) is 14.4. The van der Waals surface area contributed by atoms with Gasteiger partial charge in [0.05, 0.1) is 10.6 Å². The normalized spacial score (nSPS) is 22.2. The van der Waals surface area contributed by atoms with Gasteiger partial charge in [0, 0.05) is 18.5 Å². The van der Waals surface area contributed by atoms with E-state index >= 15 is 0 Å². The van der Waals surface area contributed by atoms with E-state index in [9.17, 15) is 10.1 Å². The van der Waals surface area contributed by atoms with Crippen molar-refractivity contribution in [2.24, 2.45) is 5.92 Å². The molecule has 0 radical (unpaired) electrons. The Morgan fingerprint density at radius 3 is 2.86 bits per heavy atom. The topological polar surface area (TPSA) is 82.2 Å². The van der Waals surface area contributed by atoms with Gasteiger partial charge >= 0.3 is 0 Å². The zero-order valence-electron chi connectivity index (χ0n) is 12.2. The van der Waals surface area contributed by atoms with Gasteiger partial charge in [-0.3, -0.25) is 4.79 Å². The van der Waals surface area contributed by atoms with Gasteiger partial charge in [-0.05, 0) is 39.3 Å². The molecule has 0 aromatic carbocycles. The molecule has 3 N–H and O–H groups in total. The number of nitrogens with one attached hydrogen (secondary N) is 1. The van der Waals surface area contributed by atoms with Crippen LogP contribution in [0.25, 0.3) is 0 Å². The van der Waals surface area contributed by atoms with Crippen molar-refractivity contribution in [3.63, 3.8) is 0 Å². The molecule has 0 amide bonds. The van der Waals surface area contributed by atoms with Gasteiger partial charge < -0.3 is 16.0 Å². The number of likely N-dealkylation sites (N-methyl/N-ethyl adjacent to an activating group) is 1. The van der Waals surface area contributed by atoms with Crippen LogP contribution < -0.4 is 11.1 Å². The Morgan fingerprint density at radius 1 is 1.52 bits per heavy atom. The second-order valence-corrected chi connectivity index (χ2v) is 6.98. The van der Waals surface area contributed by atoms with Crippen LogP contribution in [-0.2, 0) is 0 Å². The molecule has 1 saturated carbocycles. The summed E-state index contributed by atoms with van der Waals surface area (Å²) in [4.78, 5) is 15.1. The first-order valence-electron chi connectivity index (χ1n) is 7.42. The maximum Gasteiger partial charge on any atom is 0.178 e. The van der Waals surface area contributed by atoms with Gasteiger partial charge in [-0.25, -0.2) is 0 Å². The summed E-state index contributed by atoms with van der Waals surface area (Å²) >= 11 is 1.35. The lowest BCUT2D eigenvalue weighted by atomic mass is 10.1. The molecule has 1 aliphatic heterocycles. The SMILES string of the molecule is CN1CCCC1CNc1sc(C(=O)C2CC2)c(N)c1C#N. The standard InChI is InChI=1S/C15H20N4OS/c1-19-6-2-3-10(19)8-18-15-11(7-16)12(17)14(21-15)13(20)9-4-5-9/h9-10,18H,2-6,8,17H2,1H3. The number of nitriles is 1. The van der Waals surface area contributed by atoms with E-state index in [1.807, 2.05) is 0 Å². The van der Waals surface area contributed by atoms with E-state index in [1.165, 1.54) is 24.2 Å². The first-order valence-corrected chi connectivity index (χ1v) is 8.24. The molecule has 6 heteroatoms. The van der Waals surface area contributed by atoms with Gasteiger partial charge in [-0.1, -0.05) is 0 Å². The van der Waals surface area contributed by atoms with Crippen LogP contribution in [0, 0.1) is 17.2 Å². The summed E-state index contributed by atoms with van der Waals surface area (Å²) in [5.74, 6) is 0.242. The van der Waals surface area contributed by atoms with E-state index in [0.717, 1.165) is 30.9 Å². The van der Waals surface area contributed by atoms with Gasteiger partial charge in [0.25, 0.3) is 0 Å². The van der Waals surface area contributed by atoms with E-state index in [4.69, 9.17) is 5.73 Å². The Hall–Kier alpha value is -1.58. The Bertz CT molecular complexity index is 600. The Kier molecular flexibility index (Phi) is 3.87. The largest absolute Gasteiger partial charge is 0.396 e. The van der Waals surface area contributed by atoms with Gasteiger partial charge in [-0.15, -0.1) is 11.3 Å². The van der Waals surface area contributed by atoms with E-state index in [0.29, 0.717) is 22.2 Å². The average Bonchev–Trinajstić information content (AvgIpc) is 3.17. The number of hydrogen-bond acceptors (Lipinski definition) is 6. The minimum atomic E-state index is 0.111. The number of nitrogens with zero attached hydrogens (tertiary/aromatic N) is 2. The molecule has 1 unspecified atom stereocenters. The number of Topliss-reactive ketones (excluding diaryl/α,β-unsaturated/α-hetero) is 1. The van der Waals surface area contributed by atoms with Crippen molar-refractivity contribution in [2.75, 3.05) is 31.2 Å². The van der Waals surface area contributed by atoms with Crippen molar-refractivity contribution in [2.45, 2.75) is 31.7 Å². The van der Waals surface area contributed by atoms with Crippen LogP contribution in [-0.4, -0.2) is 36.9 Å². The summed E-state index contributed by atoms with van der Waals surface area (Å²) in [5, 5.41) is 13.4.